The molecule has 0 saturated heterocycles. The average molecular weight is 387 g/mol. The lowest BCUT2D eigenvalue weighted by atomic mass is 10.1. The lowest BCUT2D eigenvalue weighted by molar-refractivity contribution is -0.274. The van der Waals surface area contributed by atoms with Crippen LogP contribution in [-0.4, -0.2) is 18.6 Å². The zero-order chi connectivity index (χ0) is 19.2. The molecule has 0 aliphatic rings. The van der Waals surface area contributed by atoms with Gasteiger partial charge in [0.05, 0.1) is 12.2 Å². The molecule has 0 amide bonds. The number of para-hydroxylation sites is 2. The third kappa shape index (κ3) is 6.14. The fraction of sp³-hybridized carbons (Fsp3) is 0.235. The first kappa shape index (κ1) is 19.9. The molecule has 0 unspecified atom stereocenters. The standard InChI is InChI=1S/C17H17F4N3OS/c1-26-10-12-8-13(18)7-6-11(12)9-23-16(22)24-14-4-2-3-5-15(14)25-17(19,20)21/h2-8H,9-10H2,1H3,(H3,22,23,24). The smallest absolute Gasteiger partial charge is 0.404 e. The van der Waals surface area contributed by atoms with Crippen molar-refractivity contribution >= 4 is 23.4 Å². The van der Waals surface area contributed by atoms with Gasteiger partial charge >= 0.3 is 6.36 Å². The van der Waals surface area contributed by atoms with Crippen LogP contribution in [0.4, 0.5) is 23.2 Å². The Hall–Kier alpha value is -2.42. The van der Waals surface area contributed by atoms with Crippen LogP contribution in [0.5, 0.6) is 5.75 Å². The molecule has 0 atom stereocenters. The minimum absolute atomic E-state index is 0.0366. The van der Waals surface area contributed by atoms with Gasteiger partial charge in [0.1, 0.15) is 5.82 Å². The van der Waals surface area contributed by atoms with Crippen LogP contribution in [0.15, 0.2) is 47.5 Å². The number of ether oxygens (including phenoxy) is 1. The van der Waals surface area contributed by atoms with Crippen LogP contribution < -0.4 is 15.8 Å². The number of benzene rings is 2. The predicted octanol–water partition coefficient (Wildman–Crippen LogP) is 4.51. The Morgan fingerprint density at radius 3 is 2.62 bits per heavy atom. The van der Waals surface area contributed by atoms with Crippen LogP contribution >= 0.6 is 11.8 Å². The molecule has 26 heavy (non-hydrogen) atoms. The number of hydrogen-bond donors (Lipinski definition) is 2. The molecule has 0 saturated carbocycles. The first-order valence-corrected chi connectivity index (χ1v) is 8.86. The Bertz CT molecular complexity index is 781. The normalized spacial score (nSPS) is 12.1. The summed E-state index contributed by atoms with van der Waals surface area (Å²) in [4.78, 5) is 4.11. The van der Waals surface area contributed by atoms with Crippen molar-refractivity contribution in [3.8, 4) is 5.75 Å². The van der Waals surface area contributed by atoms with Crippen LogP contribution in [0, 0.1) is 5.82 Å². The van der Waals surface area contributed by atoms with E-state index >= 15 is 0 Å². The van der Waals surface area contributed by atoms with Gasteiger partial charge < -0.3 is 15.8 Å². The predicted molar refractivity (Wildman–Crippen MR) is 95.7 cm³/mol. The molecule has 2 aromatic carbocycles. The fourth-order valence-electron chi connectivity index (χ4n) is 2.17. The van der Waals surface area contributed by atoms with E-state index in [2.05, 4.69) is 15.0 Å². The van der Waals surface area contributed by atoms with Gasteiger partial charge in [0.2, 0.25) is 0 Å². The zero-order valence-corrected chi connectivity index (χ0v) is 14.6. The Balaban J connectivity index is 2.13. The van der Waals surface area contributed by atoms with Crippen molar-refractivity contribution in [3.63, 3.8) is 0 Å². The van der Waals surface area contributed by atoms with Crippen molar-refractivity contribution in [2.24, 2.45) is 10.7 Å². The lowest BCUT2D eigenvalue weighted by Crippen LogP contribution is -2.24. The van der Waals surface area contributed by atoms with Crippen LogP contribution in [0.25, 0.3) is 0 Å². The van der Waals surface area contributed by atoms with E-state index in [1.165, 1.54) is 48.2 Å². The van der Waals surface area contributed by atoms with Crippen molar-refractivity contribution in [2.75, 3.05) is 11.6 Å². The number of hydrogen-bond acceptors (Lipinski definition) is 3. The zero-order valence-electron chi connectivity index (χ0n) is 13.8. The molecular formula is C17H17F4N3OS. The Labute approximate surface area is 152 Å². The van der Waals surface area contributed by atoms with E-state index in [-0.39, 0.29) is 24.0 Å². The SMILES string of the molecule is CSCc1cc(F)ccc1CN=C(N)Nc1ccccc1OC(F)(F)F. The van der Waals surface area contributed by atoms with Gasteiger partial charge in [-0.2, -0.15) is 11.8 Å². The molecule has 0 bridgehead atoms. The van der Waals surface area contributed by atoms with Crippen LogP contribution in [0.3, 0.4) is 0 Å². The van der Waals surface area contributed by atoms with Crippen LogP contribution in [-0.2, 0) is 12.3 Å². The van der Waals surface area contributed by atoms with Crippen molar-refractivity contribution in [1.82, 2.24) is 0 Å². The highest BCUT2D eigenvalue weighted by Crippen LogP contribution is 2.29. The average Bonchev–Trinajstić information content (AvgIpc) is 2.55. The number of alkyl halides is 3. The number of nitrogens with two attached hydrogens (primary N) is 1. The second kappa shape index (κ2) is 8.79. The van der Waals surface area contributed by atoms with Gasteiger partial charge in [-0.3, -0.25) is 0 Å². The van der Waals surface area contributed by atoms with Crippen molar-refractivity contribution in [3.05, 3.63) is 59.4 Å². The van der Waals surface area contributed by atoms with E-state index in [0.29, 0.717) is 5.75 Å². The summed E-state index contributed by atoms with van der Waals surface area (Å²) >= 11 is 1.54. The fourth-order valence-corrected chi connectivity index (χ4v) is 2.75. The first-order chi connectivity index (χ1) is 12.3. The molecule has 0 aromatic heterocycles. The highest BCUT2D eigenvalue weighted by atomic mass is 32.2. The van der Waals surface area contributed by atoms with Gasteiger partial charge in [0.25, 0.3) is 0 Å². The summed E-state index contributed by atoms with van der Waals surface area (Å²) in [5, 5.41) is 2.59. The number of nitrogens with zero attached hydrogens (tertiary/aromatic N) is 1. The molecule has 9 heteroatoms. The summed E-state index contributed by atoms with van der Waals surface area (Å²) in [6, 6.07) is 9.86. The van der Waals surface area contributed by atoms with Gasteiger partial charge in [-0.15, -0.1) is 13.2 Å². The molecule has 3 N–H and O–H groups in total. The van der Waals surface area contributed by atoms with Crippen molar-refractivity contribution in [1.29, 1.82) is 0 Å². The second-order valence-electron chi connectivity index (χ2n) is 5.22. The summed E-state index contributed by atoms with van der Waals surface area (Å²) in [5.74, 6) is -0.227. The lowest BCUT2D eigenvalue weighted by Gasteiger charge is -2.14. The molecule has 0 spiro atoms. The monoisotopic (exact) mass is 387 g/mol. The molecule has 0 heterocycles. The molecule has 2 aromatic rings. The van der Waals surface area contributed by atoms with Gasteiger partial charge in [0.15, 0.2) is 11.7 Å². The molecular weight excluding hydrogens is 370 g/mol. The summed E-state index contributed by atoms with van der Waals surface area (Å²) in [7, 11) is 0. The maximum absolute atomic E-state index is 13.3. The number of anilines is 1. The van der Waals surface area contributed by atoms with Crippen LogP contribution in [0.2, 0.25) is 0 Å². The second-order valence-corrected chi connectivity index (χ2v) is 6.08. The van der Waals surface area contributed by atoms with E-state index in [9.17, 15) is 17.6 Å². The highest BCUT2D eigenvalue weighted by Gasteiger charge is 2.32. The van der Waals surface area contributed by atoms with Gasteiger partial charge in [-0.1, -0.05) is 18.2 Å². The quantitative estimate of drug-likeness (QED) is 0.435. The largest absolute Gasteiger partial charge is 0.573 e. The van der Waals surface area contributed by atoms with Gasteiger partial charge in [0, 0.05) is 5.75 Å². The van der Waals surface area contributed by atoms with Crippen molar-refractivity contribution in [2.45, 2.75) is 18.7 Å². The summed E-state index contributed by atoms with van der Waals surface area (Å²) in [6.07, 6.45) is -2.92. The van der Waals surface area contributed by atoms with Gasteiger partial charge in [-0.05, 0) is 41.6 Å². The van der Waals surface area contributed by atoms with Crippen LogP contribution in [0.1, 0.15) is 11.1 Å². The molecule has 0 aliphatic heterocycles. The Morgan fingerprint density at radius 2 is 1.92 bits per heavy atom. The van der Waals surface area contributed by atoms with E-state index in [1.54, 1.807) is 6.07 Å². The molecule has 4 nitrogen and oxygen atoms in total. The minimum Gasteiger partial charge on any atom is -0.404 e. The summed E-state index contributed by atoms with van der Waals surface area (Å²) in [6.45, 7) is 0.164. The number of guanidine groups is 1. The number of rotatable bonds is 6. The molecule has 140 valence electrons. The minimum atomic E-state index is -4.81. The summed E-state index contributed by atoms with van der Waals surface area (Å²) in [5.41, 5.74) is 7.37. The third-order valence-corrected chi connectivity index (χ3v) is 3.86. The number of thioether (sulfide) groups is 1. The number of aliphatic imine (C=N–C) groups is 1. The number of nitrogens with one attached hydrogen (secondary N) is 1. The third-order valence-electron chi connectivity index (χ3n) is 3.26. The highest BCUT2D eigenvalue weighted by molar-refractivity contribution is 7.97. The van der Waals surface area contributed by atoms with Crippen molar-refractivity contribution < 1.29 is 22.3 Å². The molecule has 2 rings (SSSR count). The number of halogens is 4. The molecule has 0 fully saturated rings. The van der Waals surface area contributed by atoms with Gasteiger partial charge in [-0.25, -0.2) is 9.38 Å². The van der Waals surface area contributed by atoms with E-state index in [0.717, 1.165) is 11.1 Å². The maximum Gasteiger partial charge on any atom is 0.573 e. The molecule has 0 radical (unpaired) electrons. The van der Waals surface area contributed by atoms with E-state index in [1.807, 2.05) is 6.26 Å². The first-order valence-electron chi connectivity index (χ1n) is 7.46. The van der Waals surface area contributed by atoms with E-state index in [4.69, 9.17) is 5.73 Å². The van der Waals surface area contributed by atoms with E-state index < -0.39 is 12.1 Å². The molecule has 0 aliphatic carbocycles. The maximum atomic E-state index is 13.3. The summed E-state index contributed by atoms with van der Waals surface area (Å²) < 4.78 is 54.6. The topological polar surface area (TPSA) is 59.6 Å². The Morgan fingerprint density at radius 1 is 1.19 bits per heavy atom. The Kier molecular flexibility index (Phi) is 6.73.